The molecular weight excluding hydrogens is 276 g/mol. The number of hydrogen-bond donors (Lipinski definition) is 2. The molecule has 0 saturated heterocycles. The van der Waals surface area contributed by atoms with Crippen LogP contribution < -0.4 is 11.1 Å². The maximum absolute atomic E-state index is 12.2. The molecule has 0 saturated carbocycles. The van der Waals surface area contributed by atoms with E-state index in [2.05, 4.69) is 20.6 Å². The third-order valence-electron chi connectivity index (χ3n) is 2.84. The Balaban J connectivity index is 1.90. The van der Waals surface area contributed by atoms with Crippen LogP contribution >= 0.6 is 11.3 Å². The summed E-state index contributed by atoms with van der Waals surface area (Å²) in [6, 6.07) is 1.75. The van der Waals surface area contributed by atoms with Crippen molar-refractivity contribution in [3.8, 4) is 0 Å². The Kier molecular flexibility index (Phi) is 3.07. The Morgan fingerprint density at radius 2 is 2.40 bits per heavy atom. The summed E-state index contributed by atoms with van der Waals surface area (Å²) in [6.07, 6.45) is 4.92. The third kappa shape index (κ3) is 2.10. The van der Waals surface area contributed by atoms with E-state index in [1.54, 1.807) is 29.3 Å². The fourth-order valence-corrected chi connectivity index (χ4v) is 2.76. The van der Waals surface area contributed by atoms with E-state index in [0.29, 0.717) is 21.1 Å². The molecule has 3 N–H and O–H groups in total. The minimum Gasteiger partial charge on any atom is -0.397 e. The van der Waals surface area contributed by atoms with Crippen molar-refractivity contribution in [2.45, 2.75) is 13.5 Å². The van der Waals surface area contributed by atoms with Gasteiger partial charge in [-0.25, -0.2) is 0 Å². The summed E-state index contributed by atoms with van der Waals surface area (Å²) in [5.74, 6) is -0.263. The average molecular weight is 288 g/mol. The molecule has 0 bridgehead atoms. The highest BCUT2D eigenvalue weighted by Crippen LogP contribution is 2.31. The molecule has 0 aliphatic rings. The number of nitrogens with two attached hydrogens (primary N) is 1. The monoisotopic (exact) mass is 288 g/mol. The zero-order valence-electron chi connectivity index (χ0n) is 10.7. The highest BCUT2D eigenvalue weighted by Gasteiger charge is 2.17. The molecule has 0 aliphatic heterocycles. The quantitative estimate of drug-likeness (QED) is 0.765. The lowest BCUT2D eigenvalue weighted by molar-refractivity contribution is 0.103. The lowest BCUT2D eigenvalue weighted by Gasteiger charge is -2.00. The largest absolute Gasteiger partial charge is 0.397 e. The lowest BCUT2D eigenvalue weighted by atomic mass is 10.3. The number of fused-ring (bicyclic) bond motifs is 1. The van der Waals surface area contributed by atoms with Crippen molar-refractivity contribution in [3.05, 3.63) is 29.5 Å². The molecule has 0 aliphatic carbocycles. The van der Waals surface area contributed by atoms with E-state index in [-0.39, 0.29) is 5.91 Å². The number of nitrogens with zero attached hydrogens (tertiary/aromatic N) is 4. The van der Waals surface area contributed by atoms with Crippen molar-refractivity contribution in [2.75, 3.05) is 11.1 Å². The van der Waals surface area contributed by atoms with Crippen LogP contribution in [0.5, 0.6) is 0 Å². The summed E-state index contributed by atoms with van der Waals surface area (Å²) in [7, 11) is 0. The van der Waals surface area contributed by atoms with Gasteiger partial charge in [-0.3, -0.25) is 9.48 Å². The first kappa shape index (κ1) is 12.5. The molecule has 0 radical (unpaired) electrons. The summed E-state index contributed by atoms with van der Waals surface area (Å²) in [5.41, 5.74) is 7.06. The van der Waals surface area contributed by atoms with Crippen molar-refractivity contribution in [1.82, 2.24) is 20.0 Å². The van der Waals surface area contributed by atoms with Crippen LogP contribution in [0.3, 0.4) is 0 Å². The highest BCUT2D eigenvalue weighted by atomic mass is 32.1. The molecular formula is C12H12N6OS. The van der Waals surface area contributed by atoms with Crippen LogP contribution in [0, 0.1) is 0 Å². The molecule has 0 spiro atoms. The van der Waals surface area contributed by atoms with Gasteiger partial charge in [0.05, 0.1) is 23.8 Å². The Morgan fingerprint density at radius 3 is 3.10 bits per heavy atom. The predicted octanol–water partition coefficient (Wildman–Crippen LogP) is 1.74. The second-order valence-electron chi connectivity index (χ2n) is 4.13. The van der Waals surface area contributed by atoms with Gasteiger partial charge in [0.1, 0.15) is 9.71 Å². The third-order valence-corrected chi connectivity index (χ3v) is 3.95. The van der Waals surface area contributed by atoms with Gasteiger partial charge < -0.3 is 11.1 Å². The number of aromatic nitrogens is 4. The molecule has 0 aromatic carbocycles. The van der Waals surface area contributed by atoms with Gasteiger partial charge in [-0.2, -0.15) is 10.2 Å². The first-order valence-corrected chi connectivity index (χ1v) is 6.84. The number of anilines is 2. The highest BCUT2D eigenvalue weighted by molar-refractivity contribution is 7.21. The maximum Gasteiger partial charge on any atom is 0.268 e. The molecule has 3 rings (SSSR count). The molecule has 1 amide bonds. The molecule has 8 heteroatoms. The van der Waals surface area contributed by atoms with Crippen molar-refractivity contribution in [2.24, 2.45) is 0 Å². The molecule has 0 fully saturated rings. The fourth-order valence-electron chi connectivity index (χ4n) is 1.83. The normalized spacial score (nSPS) is 10.8. The Hall–Kier alpha value is -2.48. The zero-order valence-corrected chi connectivity index (χ0v) is 11.5. The Bertz CT molecular complexity index is 777. The van der Waals surface area contributed by atoms with Gasteiger partial charge >= 0.3 is 0 Å². The average Bonchev–Trinajstić information content (AvgIpc) is 3.04. The number of amides is 1. The second kappa shape index (κ2) is 4.89. The fraction of sp³-hybridized carbons (Fsp3) is 0.167. The van der Waals surface area contributed by atoms with Crippen LogP contribution in [0.2, 0.25) is 0 Å². The van der Waals surface area contributed by atoms with Gasteiger partial charge in [-0.1, -0.05) is 0 Å². The van der Waals surface area contributed by atoms with Crippen LogP contribution in [-0.4, -0.2) is 25.9 Å². The van der Waals surface area contributed by atoms with Gasteiger partial charge in [-0.05, 0) is 13.0 Å². The number of carbonyl (C=O) groups excluding carboxylic acids is 1. The Labute approximate surface area is 118 Å². The first-order chi connectivity index (χ1) is 9.69. The Morgan fingerprint density at radius 1 is 1.55 bits per heavy atom. The summed E-state index contributed by atoms with van der Waals surface area (Å²) in [6.45, 7) is 2.72. The first-order valence-electron chi connectivity index (χ1n) is 6.02. The zero-order chi connectivity index (χ0) is 14.1. The van der Waals surface area contributed by atoms with Crippen LogP contribution in [-0.2, 0) is 6.54 Å². The number of thiophene rings is 1. The topological polar surface area (TPSA) is 98.7 Å². The smallest absolute Gasteiger partial charge is 0.268 e. The number of aryl methyl sites for hydroxylation is 1. The van der Waals surface area contributed by atoms with Crippen LogP contribution in [0.1, 0.15) is 16.6 Å². The molecule has 20 heavy (non-hydrogen) atoms. The number of nitrogen functional groups attached to an aromatic ring is 1. The minimum atomic E-state index is -0.263. The van der Waals surface area contributed by atoms with E-state index in [1.807, 2.05) is 6.92 Å². The van der Waals surface area contributed by atoms with Crippen LogP contribution in [0.15, 0.2) is 24.7 Å². The summed E-state index contributed by atoms with van der Waals surface area (Å²) >= 11 is 1.23. The molecule has 3 heterocycles. The van der Waals surface area contributed by atoms with Gasteiger partial charge in [0.25, 0.3) is 5.91 Å². The summed E-state index contributed by atoms with van der Waals surface area (Å²) < 4.78 is 1.73. The van der Waals surface area contributed by atoms with E-state index in [1.165, 1.54) is 11.3 Å². The van der Waals surface area contributed by atoms with E-state index in [0.717, 1.165) is 11.9 Å². The molecule has 0 unspecified atom stereocenters. The van der Waals surface area contributed by atoms with Crippen molar-refractivity contribution in [3.63, 3.8) is 0 Å². The second-order valence-corrected chi connectivity index (χ2v) is 5.13. The lowest BCUT2D eigenvalue weighted by Crippen LogP contribution is -2.11. The number of nitrogens with one attached hydrogen (secondary N) is 1. The summed E-state index contributed by atoms with van der Waals surface area (Å²) in [5, 5.41) is 15.4. The van der Waals surface area contributed by atoms with Gasteiger partial charge in [0.2, 0.25) is 0 Å². The molecule has 0 atom stereocenters. The van der Waals surface area contributed by atoms with E-state index in [9.17, 15) is 4.79 Å². The van der Waals surface area contributed by atoms with E-state index in [4.69, 9.17) is 5.73 Å². The van der Waals surface area contributed by atoms with Crippen molar-refractivity contribution in [1.29, 1.82) is 0 Å². The van der Waals surface area contributed by atoms with E-state index >= 15 is 0 Å². The summed E-state index contributed by atoms with van der Waals surface area (Å²) in [4.78, 5) is 13.3. The molecule has 3 aromatic heterocycles. The van der Waals surface area contributed by atoms with Crippen LogP contribution in [0.25, 0.3) is 10.2 Å². The molecule has 7 nitrogen and oxygen atoms in total. The molecule has 102 valence electrons. The van der Waals surface area contributed by atoms with Gasteiger partial charge in [-0.15, -0.1) is 16.4 Å². The minimum absolute atomic E-state index is 0.263. The number of carbonyl (C=O) groups is 1. The van der Waals surface area contributed by atoms with Crippen molar-refractivity contribution >= 4 is 38.8 Å². The van der Waals surface area contributed by atoms with Crippen LogP contribution in [0.4, 0.5) is 11.4 Å². The van der Waals surface area contributed by atoms with Gasteiger partial charge in [0.15, 0.2) is 0 Å². The predicted molar refractivity (Wildman–Crippen MR) is 77.7 cm³/mol. The maximum atomic E-state index is 12.2. The standard InChI is InChI=1S/C12H12N6OS/c1-2-18-6-7(5-15-18)16-11(19)10-9(13)8-3-4-14-17-12(8)20-10/h3-6H,2,13H2,1H3,(H,16,19). The number of rotatable bonds is 3. The van der Waals surface area contributed by atoms with Gasteiger partial charge in [0, 0.05) is 18.1 Å². The van der Waals surface area contributed by atoms with E-state index < -0.39 is 0 Å². The van der Waals surface area contributed by atoms with Crippen molar-refractivity contribution < 1.29 is 4.79 Å². The number of hydrogen-bond acceptors (Lipinski definition) is 6. The SMILES string of the molecule is CCn1cc(NC(=O)c2sc3nnccc3c2N)cn1. The molecule has 3 aromatic rings.